The summed E-state index contributed by atoms with van der Waals surface area (Å²) in [5.74, 6) is 0. The average molecular weight is 251 g/mol. The van der Waals surface area contributed by atoms with E-state index in [1.807, 2.05) is 53.2 Å². The zero-order chi connectivity index (χ0) is 13.1. The highest BCUT2D eigenvalue weighted by atomic mass is 16.4. The Labute approximate surface area is 110 Å². The maximum Gasteiger partial charge on any atom is 0.107 e. The van der Waals surface area contributed by atoms with Crippen molar-refractivity contribution in [2.75, 3.05) is 0 Å². The summed E-state index contributed by atoms with van der Waals surface area (Å²) in [6.45, 7) is 0.491. The lowest BCUT2D eigenvalue weighted by atomic mass is 10.0. The number of hydrogen-bond donors (Lipinski definition) is 1. The Balaban J connectivity index is 2.07. The molecular formula is C15H13N3O. The third-order valence-electron chi connectivity index (χ3n) is 3.11. The highest BCUT2D eigenvalue weighted by molar-refractivity contribution is 6.10. The minimum atomic E-state index is 0.491. The van der Waals surface area contributed by atoms with E-state index in [2.05, 4.69) is 10.1 Å². The van der Waals surface area contributed by atoms with Crippen molar-refractivity contribution < 1.29 is 5.21 Å². The van der Waals surface area contributed by atoms with Crippen LogP contribution in [0.5, 0.6) is 0 Å². The molecule has 94 valence electrons. The first kappa shape index (κ1) is 11.5. The first-order chi connectivity index (χ1) is 9.38. The van der Waals surface area contributed by atoms with Crippen LogP contribution in [0, 0.1) is 0 Å². The van der Waals surface area contributed by atoms with E-state index in [0.717, 1.165) is 16.3 Å². The van der Waals surface area contributed by atoms with Crippen molar-refractivity contribution in [3.63, 3.8) is 0 Å². The molecule has 0 unspecified atom stereocenters. The quantitative estimate of drug-likeness (QED) is 0.442. The van der Waals surface area contributed by atoms with Crippen molar-refractivity contribution in [3.8, 4) is 0 Å². The monoisotopic (exact) mass is 251 g/mol. The largest absolute Gasteiger partial charge is 0.411 e. The number of imidazole rings is 1. The van der Waals surface area contributed by atoms with Crippen molar-refractivity contribution >= 4 is 16.5 Å². The lowest BCUT2D eigenvalue weighted by Crippen LogP contribution is -2.11. The molecule has 0 aliphatic carbocycles. The van der Waals surface area contributed by atoms with Crippen LogP contribution in [0.1, 0.15) is 5.56 Å². The summed E-state index contributed by atoms with van der Waals surface area (Å²) < 4.78 is 1.87. The Hall–Kier alpha value is -2.62. The molecule has 0 atom stereocenters. The zero-order valence-electron chi connectivity index (χ0n) is 10.3. The number of benzene rings is 2. The van der Waals surface area contributed by atoms with Crippen LogP contribution in [-0.2, 0) is 6.54 Å². The zero-order valence-corrected chi connectivity index (χ0v) is 10.3. The smallest absolute Gasteiger partial charge is 0.107 e. The molecule has 1 N–H and O–H groups in total. The molecule has 0 amide bonds. The second-order valence-corrected chi connectivity index (χ2v) is 4.31. The number of oxime groups is 1. The molecule has 4 heteroatoms. The van der Waals surface area contributed by atoms with E-state index < -0.39 is 0 Å². The van der Waals surface area contributed by atoms with Gasteiger partial charge in [-0.05, 0) is 10.8 Å². The van der Waals surface area contributed by atoms with Gasteiger partial charge in [0.15, 0.2) is 0 Å². The molecule has 0 radical (unpaired) electrons. The van der Waals surface area contributed by atoms with Gasteiger partial charge in [-0.15, -0.1) is 0 Å². The van der Waals surface area contributed by atoms with Crippen LogP contribution in [0.2, 0.25) is 0 Å². The van der Waals surface area contributed by atoms with E-state index in [4.69, 9.17) is 0 Å². The maximum atomic E-state index is 9.29. The SMILES string of the molecule is O/N=C(/Cn1ccnc1)c1cccc2ccccc12. The molecule has 4 nitrogen and oxygen atoms in total. The van der Waals surface area contributed by atoms with E-state index in [0.29, 0.717) is 12.3 Å². The van der Waals surface area contributed by atoms with Gasteiger partial charge in [0.2, 0.25) is 0 Å². The Morgan fingerprint density at radius 2 is 2.00 bits per heavy atom. The van der Waals surface area contributed by atoms with Gasteiger partial charge >= 0.3 is 0 Å². The summed E-state index contributed by atoms with van der Waals surface area (Å²) in [7, 11) is 0. The van der Waals surface area contributed by atoms with Crippen LogP contribution in [0.25, 0.3) is 10.8 Å². The number of hydrogen-bond acceptors (Lipinski definition) is 3. The molecule has 0 fully saturated rings. The van der Waals surface area contributed by atoms with Gasteiger partial charge in [-0.2, -0.15) is 0 Å². The number of aromatic nitrogens is 2. The standard InChI is InChI=1S/C15H13N3O/c19-17-15(10-18-9-8-16-11-18)14-7-3-5-12-4-1-2-6-13(12)14/h1-9,11,19H,10H2/b17-15-. The molecular weight excluding hydrogens is 238 g/mol. The second kappa shape index (κ2) is 4.94. The predicted molar refractivity (Wildman–Crippen MR) is 74.5 cm³/mol. The number of rotatable bonds is 3. The minimum absolute atomic E-state index is 0.491. The first-order valence-electron chi connectivity index (χ1n) is 6.03. The normalized spacial score (nSPS) is 11.9. The second-order valence-electron chi connectivity index (χ2n) is 4.31. The third kappa shape index (κ3) is 2.20. The van der Waals surface area contributed by atoms with Gasteiger partial charge in [0.25, 0.3) is 0 Å². The molecule has 19 heavy (non-hydrogen) atoms. The van der Waals surface area contributed by atoms with Crippen molar-refractivity contribution in [2.45, 2.75) is 6.54 Å². The first-order valence-corrected chi connectivity index (χ1v) is 6.03. The van der Waals surface area contributed by atoms with E-state index in [9.17, 15) is 5.21 Å². The Kier molecular flexibility index (Phi) is 2.98. The van der Waals surface area contributed by atoms with Crippen molar-refractivity contribution in [1.82, 2.24) is 9.55 Å². The molecule has 1 aromatic heterocycles. The minimum Gasteiger partial charge on any atom is -0.411 e. The molecule has 0 aliphatic heterocycles. The summed E-state index contributed by atoms with van der Waals surface area (Å²) in [5, 5.41) is 15.0. The maximum absolute atomic E-state index is 9.29. The molecule has 1 heterocycles. The molecule has 0 bridgehead atoms. The topological polar surface area (TPSA) is 50.4 Å². The third-order valence-corrected chi connectivity index (χ3v) is 3.11. The van der Waals surface area contributed by atoms with Gasteiger partial charge in [-0.1, -0.05) is 47.6 Å². The molecule has 0 saturated heterocycles. The fraction of sp³-hybridized carbons (Fsp3) is 0.0667. The molecule has 3 aromatic rings. The van der Waals surface area contributed by atoms with Crippen LogP contribution in [0.15, 0.2) is 66.3 Å². The van der Waals surface area contributed by atoms with Crippen molar-refractivity contribution in [2.24, 2.45) is 5.16 Å². The summed E-state index contributed by atoms with van der Waals surface area (Å²) in [4.78, 5) is 3.99. The van der Waals surface area contributed by atoms with Crippen LogP contribution >= 0.6 is 0 Å². The van der Waals surface area contributed by atoms with Crippen LogP contribution in [0.3, 0.4) is 0 Å². The van der Waals surface area contributed by atoms with Gasteiger partial charge in [-0.3, -0.25) is 0 Å². The molecule has 0 saturated carbocycles. The summed E-state index contributed by atoms with van der Waals surface area (Å²) in [5.41, 5.74) is 1.56. The summed E-state index contributed by atoms with van der Waals surface area (Å²) in [6.07, 6.45) is 5.25. The fourth-order valence-corrected chi connectivity index (χ4v) is 2.20. The lowest BCUT2D eigenvalue weighted by molar-refractivity contribution is 0.317. The highest BCUT2D eigenvalue weighted by Gasteiger charge is 2.09. The van der Waals surface area contributed by atoms with Gasteiger partial charge in [-0.25, -0.2) is 4.98 Å². The average Bonchev–Trinajstić information content (AvgIpc) is 2.97. The highest BCUT2D eigenvalue weighted by Crippen LogP contribution is 2.19. The van der Waals surface area contributed by atoms with Crippen LogP contribution < -0.4 is 0 Å². The Morgan fingerprint density at radius 1 is 1.16 bits per heavy atom. The predicted octanol–water partition coefficient (Wildman–Crippen LogP) is 2.91. The Morgan fingerprint density at radius 3 is 2.79 bits per heavy atom. The van der Waals surface area contributed by atoms with Gasteiger partial charge < -0.3 is 9.77 Å². The van der Waals surface area contributed by atoms with E-state index >= 15 is 0 Å². The molecule has 0 aliphatic rings. The number of nitrogens with zero attached hydrogens (tertiary/aromatic N) is 3. The number of fused-ring (bicyclic) bond motifs is 1. The van der Waals surface area contributed by atoms with E-state index in [1.165, 1.54) is 0 Å². The molecule has 3 rings (SSSR count). The summed E-state index contributed by atoms with van der Waals surface area (Å²) >= 11 is 0. The Bertz CT molecular complexity index is 712. The van der Waals surface area contributed by atoms with Gasteiger partial charge in [0.05, 0.1) is 12.9 Å². The van der Waals surface area contributed by atoms with E-state index in [1.54, 1.807) is 12.5 Å². The molecule has 2 aromatic carbocycles. The van der Waals surface area contributed by atoms with Crippen molar-refractivity contribution in [3.05, 3.63) is 66.7 Å². The summed E-state index contributed by atoms with van der Waals surface area (Å²) in [6, 6.07) is 14.0. The fourth-order valence-electron chi connectivity index (χ4n) is 2.20. The van der Waals surface area contributed by atoms with Gasteiger partial charge in [0, 0.05) is 18.0 Å². The van der Waals surface area contributed by atoms with Crippen LogP contribution in [0.4, 0.5) is 0 Å². The van der Waals surface area contributed by atoms with Gasteiger partial charge in [0.1, 0.15) is 5.71 Å². The lowest BCUT2D eigenvalue weighted by Gasteiger charge is -2.09. The van der Waals surface area contributed by atoms with E-state index in [-0.39, 0.29) is 0 Å². The van der Waals surface area contributed by atoms with Crippen molar-refractivity contribution in [1.29, 1.82) is 0 Å². The molecule has 0 spiro atoms. The van der Waals surface area contributed by atoms with Crippen LogP contribution in [-0.4, -0.2) is 20.5 Å².